The molecule has 26 heteroatoms. The smallest absolute Gasteiger partial charge is 1.00 e. The normalized spacial score (nSPS) is 10.2. The molecule has 1 aliphatic heterocycles. The number of halogens is 6. The first-order valence-electron chi connectivity index (χ1n) is 32.7. The minimum absolute atomic E-state index is 0. The van der Waals surface area contributed by atoms with E-state index in [0.29, 0.717) is 62.0 Å². The molecular weight excluding hydrogens is 1510 g/mol. The van der Waals surface area contributed by atoms with E-state index in [9.17, 15) is 55.9 Å². The fourth-order valence-electron chi connectivity index (χ4n) is 8.40. The van der Waals surface area contributed by atoms with Crippen LogP contribution < -0.4 is 62.5 Å². The number of aldehydes is 1. The number of nitrogens with two attached hydrogens (primary N) is 2. The summed E-state index contributed by atoms with van der Waals surface area (Å²) in [4.78, 5) is 93.4. The van der Waals surface area contributed by atoms with Crippen molar-refractivity contribution in [2.75, 3.05) is 46.8 Å². The zero-order chi connectivity index (χ0) is 77.3. The van der Waals surface area contributed by atoms with E-state index in [1.807, 2.05) is 74.8 Å². The van der Waals surface area contributed by atoms with Gasteiger partial charge in [0.25, 0.3) is 11.8 Å². The van der Waals surface area contributed by atoms with Crippen molar-refractivity contribution in [3.8, 4) is 33.8 Å². The molecule has 0 aliphatic carbocycles. The van der Waals surface area contributed by atoms with Crippen LogP contribution >= 0.6 is 15.9 Å². The molecule has 0 bridgehead atoms. The summed E-state index contributed by atoms with van der Waals surface area (Å²) >= 11 is 3.03. The second kappa shape index (κ2) is 55.6. The number of nitrogens with one attached hydrogen (secondary N) is 2. The summed E-state index contributed by atoms with van der Waals surface area (Å²) in [7, 11) is 3.65. The summed E-state index contributed by atoms with van der Waals surface area (Å²) in [5, 5.41) is 5.31. The van der Waals surface area contributed by atoms with Crippen LogP contribution in [0, 0.1) is 17.5 Å². The molecule has 5 aromatic heterocycles. The molecule has 1 fully saturated rings. The van der Waals surface area contributed by atoms with Gasteiger partial charge < -0.3 is 62.5 Å². The zero-order valence-electron chi connectivity index (χ0n) is 60.9. The van der Waals surface area contributed by atoms with E-state index < -0.39 is 13.1 Å². The van der Waals surface area contributed by atoms with Crippen molar-refractivity contribution in [2.45, 2.75) is 40.2 Å². The standard InChI is InChI=1S/C22H15FN2O2.C15H13NO3.C13H11FNO.C9H9NO2.C8H6BrFO.C6H6O2.C4H8O.C2H6.CH3F.CH5N.BrH.Li.H2O/c23-18-9-7-15(8-10-18)19-12-17(13-20(25-19)21-2-1-11-27-21)14-3-5-16(6-4-14)22(24)26;1-16-15(18)12-7-4-11(5-8-12)6-9-13(17)14-3-2-10-19-14;14-12-6-4-11(5-7-12)13(16)10-15-8-2-1-3-9-15;1-10-9(12)8-4-2-7(6-11)3-5-8;9-5-8(11)6-1-3-7(10)4-2-6;1-5(7)6-3-2-4-8-6;1-2-4-5-3-1;3*1-2;;;/h1-13H,(H2,24,26);2-10H,1H3,(H,16,18);1-9H,10H2;2-6H,1H3,(H,10,12);1-4H,5H2;2-4H,1H3;1-4H2;1-2H3;1H3;2H2,1H3;1H;;1H2/q;;+1;;;;;;;;;+1;/p-2/b;9-6+;;;;;;;;;;;/i;;;;;;;;1D;;;;. The van der Waals surface area contributed by atoms with Gasteiger partial charge in [-0.15, -0.1) is 0 Å². The number of allylic oxidation sites excluding steroid dienone is 1. The van der Waals surface area contributed by atoms with Crippen molar-refractivity contribution < 1.29 is 121 Å². The summed E-state index contributed by atoms with van der Waals surface area (Å²) in [6, 6.07) is 57.3. The van der Waals surface area contributed by atoms with Gasteiger partial charge >= 0.3 is 18.9 Å². The summed E-state index contributed by atoms with van der Waals surface area (Å²) < 4.78 is 75.7. The SMILES string of the molecule is C1CCOC1.CC.CC(=O)c1ccco1.CN.CNC(=O)c1ccc(/C=C/C(=O)c2ccco2)cc1.CNC(=O)c1ccc(C=O)cc1.NC(=O)c1ccc(-c2cc(-c3ccc(F)cc3)nc(-c3ccco3)c2)cc1.O=C(CBr)c1ccc(F)cc1.O=C(C[n+]1ccccc1)c1ccc(F)cc1.[2H]CF.[Br-].[Li+].[OH-]. The molecule has 11 aromatic rings. The van der Waals surface area contributed by atoms with Gasteiger partial charge in [-0.2, -0.15) is 4.57 Å². The third-order valence-electron chi connectivity index (χ3n) is 13.6. The number of furan rings is 3. The topological polar surface area (TPSA) is 308 Å². The number of primary amides is 1. The number of alkyl halides is 2. The molecule has 3 amide bonds. The minimum Gasteiger partial charge on any atom is -1.00 e. The number of pyridine rings is 2. The van der Waals surface area contributed by atoms with E-state index in [1.54, 1.807) is 134 Å². The Bertz CT molecular complexity index is 4370. The molecule has 0 unspecified atom stereocenters. The second-order valence-electron chi connectivity index (χ2n) is 20.6. The van der Waals surface area contributed by atoms with Gasteiger partial charge in [0.2, 0.25) is 24.0 Å². The first kappa shape index (κ1) is 94.1. The van der Waals surface area contributed by atoms with Crippen molar-refractivity contribution in [1.29, 1.82) is 0 Å². The number of carbonyl (C=O) groups is 8. The maximum absolute atomic E-state index is 13.3. The quantitative estimate of drug-likeness (QED) is 0.0133. The van der Waals surface area contributed by atoms with Crippen LogP contribution in [0.4, 0.5) is 17.6 Å². The Morgan fingerprint density at radius 2 is 0.981 bits per heavy atom. The predicted octanol–water partition coefficient (Wildman–Crippen LogP) is 10.0. The number of Topliss-reactive ketones (excluding diaryl/α,β-unsaturated/α-hetero) is 3. The largest absolute Gasteiger partial charge is 1.00 e. The fraction of sp³-hybridized carbons (Fsp3) is 0.160. The number of carbonyl (C=O) groups excluding carboxylic acids is 8. The molecule has 1 saturated heterocycles. The van der Waals surface area contributed by atoms with Gasteiger partial charge in [0, 0.05) is 85.3 Å². The number of aromatic nitrogens is 2. The Labute approximate surface area is 651 Å². The van der Waals surface area contributed by atoms with E-state index in [-0.39, 0.29) is 106 Å². The third-order valence-corrected chi connectivity index (χ3v) is 14.1. The number of benzene rings is 6. The Hall–Kier alpha value is -10.9. The van der Waals surface area contributed by atoms with Gasteiger partial charge in [-0.25, -0.2) is 18.2 Å². The van der Waals surface area contributed by atoms with E-state index >= 15 is 0 Å². The van der Waals surface area contributed by atoms with Crippen molar-refractivity contribution in [3.63, 3.8) is 0 Å². The molecule has 19 nitrogen and oxygen atoms in total. The number of nitrogens with zero attached hydrogens (tertiary/aromatic N) is 2. The molecule has 0 saturated carbocycles. The van der Waals surface area contributed by atoms with Crippen molar-refractivity contribution in [1.82, 2.24) is 15.6 Å². The van der Waals surface area contributed by atoms with Crippen LogP contribution in [0.3, 0.4) is 0 Å². The maximum atomic E-state index is 13.3. The summed E-state index contributed by atoms with van der Waals surface area (Å²) in [6.07, 6.45) is 14.6. The van der Waals surface area contributed by atoms with Gasteiger partial charge in [0.1, 0.15) is 29.4 Å². The van der Waals surface area contributed by atoms with Gasteiger partial charge in [-0.3, -0.25) is 42.7 Å². The van der Waals surface area contributed by atoms with Gasteiger partial charge in [0.05, 0.1) is 38.3 Å². The van der Waals surface area contributed by atoms with Crippen molar-refractivity contribution in [3.05, 3.63) is 317 Å². The number of hydrogen-bond acceptors (Lipinski definition) is 15. The van der Waals surface area contributed by atoms with Crippen molar-refractivity contribution >= 4 is 69.1 Å². The number of ether oxygens (including phenoxy) is 1. The summed E-state index contributed by atoms with van der Waals surface area (Å²) in [6.45, 7) is 7.74. The Kier molecular flexibility index (Phi) is 48.9. The molecule has 0 atom stereocenters. The summed E-state index contributed by atoms with van der Waals surface area (Å²) in [5.41, 5.74) is 17.8. The van der Waals surface area contributed by atoms with Gasteiger partial charge in [-0.1, -0.05) is 78.3 Å². The maximum Gasteiger partial charge on any atom is 1.00 e. The van der Waals surface area contributed by atoms with Gasteiger partial charge in [0.15, 0.2) is 41.2 Å². The number of amides is 3. The van der Waals surface area contributed by atoms with Gasteiger partial charge in [-0.05, 0) is 200 Å². The first-order valence-corrected chi connectivity index (χ1v) is 33.1. The molecule has 558 valence electrons. The molecule has 12 rings (SSSR count). The van der Waals surface area contributed by atoms with Crippen LogP contribution in [0.5, 0.6) is 0 Å². The number of ketones is 4. The second-order valence-corrected chi connectivity index (χ2v) is 21.2. The molecule has 0 spiro atoms. The first-order chi connectivity index (χ1) is 50.8. The Morgan fingerprint density at radius 1 is 0.561 bits per heavy atom. The van der Waals surface area contributed by atoms with E-state index in [0.717, 1.165) is 41.8 Å². The van der Waals surface area contributed by atoms with Crippen LogP contribution in [0.1, 0.15) is 124 Å². The minimum atomic E-state index is -1.00. The van der Waals surface area contributed by atoms with Crippen LogP contribution in [0.2, 0.25) is 0 Å². The van der Waals surface area contributed by atoms with Crippen LogP contribution in [-0.4, -0.2) is 104 Å². The van der Waals surface area contributed by atoms with Crippen LogP contribution in [-0.2, 0) is 11.3 Å². The molecule has 1 aliphatic rings. The monoisotopic (exact) mass is 1590 g/mol. The third kappa shape index (κ3) is 35.6. The number of rotatable bonds is 16. The molecule has 6 heterocycles. The number of hydrogen-bond donors (Lipinski definition) is 4. The predicted molar refractivity (Wildman–Crippen MR) is 399 cm³/mol. The molecule has 107 heavy (non-hydrogen) atoms. The fourth-order valence-corrected chi connectivity index (χ4v) is 8.72. The Balaban J connectivity index is 0.00000127. The average Bonchev–Trinajstić information content (AvgIpc) is 1.17. The van der Waals surface area contributed by atoms with E-state index in [1.165, 1.54) is 106 Å². The average molecular weight is 1590 g/mol. The zero-order valence-corrected chi connectivity index (χ0v) is 63.1. The van der Waals surface area contributed by atoms with Crippen LogP contribution in [0.25, 0.3) is 39.9 Å². The Morgan fingerprint density at radius 3 is 1.38 bits per heavy atom. The molecule has 6 aromatic carbocycles. The molecule has 0 radical (unpaired) electrons. The van der Waals surface area contributed by atoms with E-state index in [4.69, 9.17) is 25.1 Å². The van der Waals surface area contributed by atoms with E-state index in [2.05, 4.69) is 37.3 Å². The molecule has 7 N–H and O–H groups in total. The summed E-state index contributed by atoms with van der Waals surface area (Å²) in [5.74, 6) is -0.647. The molecular formula is C81H83Br2F4LiN6O13. The van der Waals surface area contributed by atoms with Crippen molar-refractivity contribution in [2.24, 2.45) is 11.5 Å². The van der Waals surface area contributed by atoms with Crippen LogP contribution in [0.15, 0.2) is 263 Å².